The summed E-state index contributed by atoms with van der Waals surface area (Å²) in [6.45, 7) is 16.8. The van der Waals surface area contributed by atoms with E-state index in [2.05, 4.69) is 39.5 Å². The van der Waals surface area contributed by atoms with E-state index in [9.17, 15) is 9.59 Å². The molecule has 0 aliphatic carbocycles. The Bertz CT molecular complexity index is 704. The van der Waals surface area contributed by atoms with Crippen LogP contribution in [-0.4, -0.2) is 49.2 Å². The predicted molar refractivity (Wildman–Crippen MR) is 217 cm³/mol. The normalized spacial score (nSPS) is 12.0. The standard InChI is InChI=1S/C45H88NO4.Mo/c1-6-10-13-16-21-28-35-43(36-29-22-17-14-11-7-2)50-45(48)38-31-24-19-26-33-40-46(9-4)39-32-25-18-23-30-37-44(47)49-41-42(5)34-27-20-15-12-8-3;/h42-43H,4,6-41H2,1-3,5H3;/q-1;. The zero-order valence-electron chi connectivity index (χ0n) is 34.8. The third-order valence-electron chi connectivity index (χ3n) is 10.4. The molecule has 51 heavy (non-hydrogen) atoms. The third kappa shape index (κ3) is 39.1. The summed E-state index contributed by atoms with van der Waals surface area (Å²) in [5.41, 5.74) is 0. The minimum absolute atomic E-state index is 0. The molecule has 0 heterocycles. The van der Waals surface area contributed by atoms with Gasteiger partial charge < -0.3 is 21.3 Å². The van der Waals surface area contributed by atoms with Crippen LogP contribution < -0.4 is 0 Å². The van der Waals surface area contributed by atoms with Crippen molar-refractivity contribution in [3.8, 4) is 0 Å². The van der Waals surface area contributed by atoms with Crippen LogP contribution in [-0.2, 0) is 40.1 Å². The van der Waals surface area contributed by atoms with E-state index < -0.39 is 0 Å². The maximum Gasteiger partial charge on any atom is 0.306 e. The number of rotatable bonds is 40. The number of hydrogen-bond acceptors (Lipinski definition) is 5. The maximum atomic E-state index is 12.7. The average molecular weight is 803 g/mol. The van der Waals surface area contributed by atoms with Crippen LogP contribution in [0.5, 0.6) is 0 Å². The SMILES string of the molecule is [CH2-]CN(CCCCCCCC(=O)OCC(C)CCCCCCC)CCCCCCCC(=O)OC(CCCCCCCC)CCCCCCCC.[Mo]. The summed E-state index contributed by atoms with van der Waals surface area (Å²) in [5, 5.41) is 0. The molecule has 6 heteroatoms. The Morgan fingerprint density at radius 3 is 1.33 bits per heavy atom. The molecule has 0 aliphatic rings. The van der Waals surface area contributed by atoms with E-state index >= 15 is 0 Å². The largest absolute Gasteiger partial charge is 0.465 e. The fourth-order valence-electron chi connectivity index (χ4n) is 6.90. The van der Waals surface area contributed by atoms with Crippen LogP contribution in [0, 0.1) is 12.8 Å². The quantitative estimate of drug-likeness (QED) is 0.0267. The summed E-state index contributed by atoms with van der Waals surface area (Å²) in [7, 11) is 0. The Kier molecular flexibility index (Phi) is 43.7. The predicted octanol–water partition coefficient (Wildman–Crippen LogP) is 13.8. The molecule has 0 radical (unpaired) electrons. The molecule has 0 aromatic heterocycles. The zero-order valence-corrected chi connectivity index (χ0v) is 36.8. The number of unbranched alkanes of at least 4 members (excludes halogenated alkanes) is 22. The third-order valence-corrected chi connectivity index (χ3v) is 10.4. The first-order chi connectivity index (χ1) is 24.5. The van der Waals surface area contributed by atoms with Gasteiger partial charge in [0.1, 0.15) is 6.10 Å². The van der Waals surface area contributed by atoms with Crippen LogP contribution in [0.15, 0.2) is 0 Å². The molecule has 0 saturated heterocycles. The first-order valence-corrected chi connectivity index (χ1v) is 22.3. The summed E-state index contributed by atoms with van der Waals surface area (Å²) in [6, 6.07) is 0. The van der Waals surface area contributed by atoms with Crippen LogP contribution in [0.2, 0.25) is 0 Å². The molecule has 0 aromatic rings. The van der Waals surface area contributed by atoms with Crippen LogP contribution in [0.3, 0.4) is 0 Å². The van der Waals surface area contributed by atoms with Crippen molar-refractivity contribution in [2.75, 3.05) is 26.2 Å². The molecule has 1 unspecified atom stereocenters. The minimum Gasteiger partial charge on any atom is -0.465 e. The van der Waals surface area contributed by atoms with E-state index in [0.717, 1.165) is 58.2 Å². The van der Waals surface area contributed by atoms with Crippen molar-refractivity contribution >= 4 is 11.9 Å². The number of nitrogens with zero attached hydrogens (tertiary/aromatic N) is 1. The number of esters is 2. The number of hydrogen-bond donors (Lipinski definition) is 0. The monoisotopic (exact) mass is 805 g/mol. The topological polar surface area (TPSA) is 55.8 Å². The molecule has 0 bridgehead atoms. The average Bonchev–Trinajstić information content (AvgIpc) is 3.11. The summed E-state index contributed by atoms with van der Waals surface area (Å²) in [4.78, 5) is 27.3. The van der Waals surface area contributed by atoms with Gasteiger partial charge in [-0.15, -0.1) is 6.54 Å². The summed E-state index contributed by atoms with van der Waals surface area (Å²) < 4.78 is 11.5. The van der Waals surface area contributed by atoms with Crippen molar-refractivity contribution in [1.29, 1.82) is 0 Å². The number of ether oxygens (including phenoxy) is 2. The molecule has 0 saturated carbocycles. The fraction of sp³-hybridized carbons (Fsp3) is 0.933. The van der Waals surface area contributed by atoms with Gasteiger partial charge in [-0.05, 0) is 76.8 Å². The van der Waals surface area contributed by atoms with Crippen LogP contribution in [0.4, 0.5) is 0 Å². The van der Waals surface area contributed by atoms with Crippen molar-refractivity contribution < 1.29 is 40.1 Å². The van der Waals surface area contributed by atoms with Gasteiger partial charge in [-0.3, -0.25) is 9.59 Å². The van der Waals surface area contributed by atoms with Crippen LogP contribution >= 0.6 is 0 Å². The molecule has 0 rings (SSSR count). The number of carbonyl (C=O) groups is 2. The van der Waals surface area contributed by atoms with Gasteiger partial charge in [0.25, 0.3) is 0 Å². The van der Waals surface area contributed by atoms with E-state index in [4.69, 9.17) is 9.47 Å². The Hall–Kier alpha value is -0.412. The molecule has 0 spiro atoms. The molecule has 1 atom stereocenters. The molecule has 0 fully saturated rings. The maximum absolute atomic E-state index is 12.7. The molecule has 304 valence electrons. The molecule has 0 amide bonds. The summed E-state index contributed by atoms with van der Waals surface area (Å²) in [6.07, 6.45) is 37.9. The Balaban J connectivity index is 0. The van der Waals surface area contributed by atoms with Crippen molar-refractivity contribution in [2.24, 2.45) is 5.92 Å². The summed E-state index contributed by atoms with van der Waals surface area (Å²) in [5.74, 6) is 0.491. The van der Waals surface area contributed by atoms with Crippen molar-refractivity contribution in [1.82, 2.24) is 4.90 Å². The van der Waals surface area contributed by atoms with Gasteiger partial charge in [0.05, 0.1) is 6.61 Å². The molecule has 0 aliphatic heterocycles. The van der Waals surface area contributed by atoms with Gasteiger partial charge in [-0.2, -0.15) is 0 Å². The van der Waals surface area contributed by atoms with E-state index in [1.807, 2.05) is 0 Å². The van der Waals surface area contributed by atoms with Crippen LogP contribution in [0.1, 0.15) is 233 Å². The van der Waals surface area contributed by atoms with E-state index in [1.54, 1.807) is 0 Å². The van der Waals surface area contributed by atoms with E-state index in [-0.39, 0.29) is 39.1 Å². The first-order valence-electron chi connectivity index (χ1n) is 22.3. The molecule has 0 N–H and O–H groups in total. The van der Waals surface area contributed by atoms with Crippen molar-refractivity contribution in [3.05, 3.63) is 6.92 Å². The van der Waals surface area contributed by atoms with E-state index in [1.165, 1.54) is 154 Å². The molecule has 0 aromatic carbocycles. The number of carbonyl (C=O) groups excluding carboxylic acids is 2. The van der Waals surface area contributed by atoms with Crippen LogP contribution in [0.25, 0.3) is 0 Å². The van der Waals surface area contributed by atoms with Gasteiger partial charge in [0.2, 0.25) is 0 Å². The van der Waals surface area contributed by atoms with Gasteiger partial charge in [0, 0.05) is 33.9 Å². The fourth-order valence-corrected chi connectivity index (χ4v) is 6.90. The van der Waals surface area contributed by atoms with E-state index in [0.29, 0.717) is 25.4 Å². The molecular weight excluding hydrogens is 714 g/mol. The molecule has 5 nitrogen and oxygen atoms in total. The second-order valence-electron chi connectivity index (χ2n) is 15.6. The Labute approximate surface area is 333 Å². The second kappa shape index (κ2) is 42.3. The van der Waals surface area contributed by atoms with Gasteiger partial charge >= 0.3 is 11.9 Å². The minimum atomic E-state index is -0.0164. The Morgan fingerprint density at radius 2 is 0.882 bits per heavy atom. The van der Waals surface area contributed by atoms with Crippen molar-refractivity contribution in [3.63, 3.8) is 0 Å². The summed E-state index contributed by atoms with van der Waals surface area (Å²) >= 11 is 0. The first kappa shape index (κ1) is 52.7. The van der Waals surface area contributed by atoms with Crippen molar-refractivity contribution in [2.45, 2.75) is 239 Å². The van der Waals surface area contributed by atoms with Gasteiger partial charge in [-0.1, -0.05) is 163 Å². The molecular formula is C45H88MoNO4-. The van der Waals surface area contributed by atoms with Gasteiger partial charge in [0.15, 0.2) is 0 Å². The van der Waals surface area contributed by atoms with Gasteiger partial charge in [-0.25, -0.2) is 0 Å². The zero-order chi connectivity index (χ0) is 36.8. The Morgan fingerprint density at radius 1 is 0.510 bits per heavy atom. The smallest absolute Gasteiger partial charge is 0.306 e. The second-order valence-corrected chi connectivity index (χ2v) is 15.6.